The molecule has 6 heteroatoms. The van der Waals surface area contributed by atoms with E-state index in [-0.39, 0.29) is 5.97 Å². The molecule has 150 valence electrons. The molecule has 0 atom stereocenters. The number of ether oxygens (including phenoxy) is 1. The minimum atomic E-state index is -0.370. The molecule has 4 aromatic rings. The SMILES string of the molecule is COC(=O)c1ccc(-c2nnc(Nc3cccc(C(C)C)c3)c3cnccc23)cc1. The Morgan fingerprint density at radius 1 is 1.00 bits per heavy atom. The lowest BCUT2D eigenvalue weighted by Gasteiger charge is -2.13. The molecule has 0 aliphatic rings. The van der Waals surface area contributed by atoms with Gasteiger partial charge in [0.1, 0.15) is 5.69 Å². The smallest absolute Gasteiger partial charge is 0.337 e. The summed E-state index contributed by atoms with van der Waals surface area (Å²) in [6, 6.07) is 17.3. The van der Waals surface area contributed by atoms with Gasteiger partial charge in [-0.05, 0) is 41.8 Å². The zero-order chi connectivity index (χ0) is 21.1. The third-order valence-electron chi connectivity index (χ3n) is 4.98. The van der Waals surface area contributed by atoms with Crippen LogP contribution >= 0.6 is 0 Å². The Balaban J connectivity index is 1.73. The highest BCUT2D eigenvalue weighted by Crippen LogP contribution is 2.31. The third kappa shape index (κ3) is 3.85. The van der Waals surface area contributed by atoms with Gasteiger partial charge in [0.15, 0.2) is 5.82 Å². The molecule has 0 bridgehead atoms. The molecule has 0 saturated carbocycles. The highest BCUT2D eigenvalue weighted by atomic mass is 16.5. The lowest BCUT2D eigenvalue weighted by molar-refractivity contribution is 0.0601. The van der Waals surface area contributed by atoms with E-state index < -0.39 is 0 Å². The van der Waals surface area contributed by atoms with Crippen LogP contribution in [0.15, 0.2) is 67.0 Å². The van der Waals surface area contributed by atoms with Crippen molar-refractivity contribution in [2.24, 2.45) is 0 Å². The normalized spacial score (nSPS) is 10.9. The molecule has 0 aliphatic carbocycles. The largest absolute Gasteiger partial charge is 0.465 e. The van der Waals surface area contributed by atoms with Crippen molar-refractivity contribution >= 4 is 28.2 Å². The lowest BCUT2D eigenvalue weighted by Crippen LogP contribution is -2.02. The summed E-state index contributed by atoms with van der Waals surface area (Å²) in [5.74, 6) is 0.713. The van der Waals surface area contributed by atoms with Gasteiger partial charge in [0, 0.05) is 34.4 Å². The maximum absolute atomic E-state index is 11.7. The van der Waals surface area contributed by atoms with Crippen molar-refractivity contribution in [1.82, 2.24) is 15.2 Å². The van der Waals surface area contributed by atoms with Crippen LogP contribution in [0, 0.1) is 0 Å². The van der Waals surface area contributed by atoms with Crippen LogP contribution in [0.5, 0.6) is 0 Å². The average molecular weight is 398 g/mol. The molecule has 0 saturated heterocycles. The van der Waals surface area contributed by atoms with Crippen molar-refractivity contribution in [3.63, 3.8) is 0 Å². The van der Waals surface area contributed by atoms with E-state index in [2.05, 4.69) is 46.5 Å². The highest BCUT2D eigenvalue weighted by Gasteiger charge is 2.13. The summed E-state index contributed by atoms with van der Waals surface area (Å²) >= 11 is 0. The first-order valence-electron chi connectivity index (χ1n) is 9.73. The summed E-state index contributed by atoms with van der Waals surface area (Å²) in [5.41, 5.74) is 4.28. The Labute approximate surface area is 175 Å². The van der Waals surface area contributed by atoms with Gasteiger partial charge < -0.3 is 10.1 Å². The van der Waals surface area contributed by atoms with Crippen LogP contribution in [0.25, 0.3) is 22.0 Å². The Morgan fingerprint density at radius 3 is 2.53 bits per heavy atom. The van der Waals surface area contributed by atoms with Gasteiger partial charge in [0.05, 0.1) is 12.7 Å². The van der Waals surface area contributed by atoms with Crippen LogP contribution in [-0.2, 0) is 4.74 Å². The first-order chi connectivity index (χ1) is 14.6. The second kappa shape index (κ2) is 8.29. The first-order valence-corrected chi connectivity index (χ1v) is 9.73. The fraction of sp³-hybridized carbons (Fsp3) is 0.167. The molecule has 30 heavy (non-hydrogen) atoms. The number of esters is 1. The van der Waals surface area contributed by atoms with Gasteiger partial charge in [-0.3, -0.25) is 4.98 Å². The monoisotopic (exact) mass is 398 g/mol. The van der Waals surface area contributed by atoms with Crippen molar-refractivity contribution in [2.75, 3.05) is 12.4 Å². The second-order valence-electron chi connectivity index (χ2n) is 7.29. The summed E-state index contributed by atoms with van der Waals surface area (Å²) in [6.07, 6.45) is 3.52. The lowest BCUT2D eigenvalue weighted by atomic mass is 10.0. The second-order valence-corrected chi connectivity index (χ2v) is 7.29. The number of pyridine rings is 1. The van der Waals surface area contributed by atoms with Gasteiger partial charge in [0.2, 0.25) is 0 Å². The topological polar surface area (TPSA) is 77.0 Å². The summed E-state index contributed by atoms with van der Waals surface area (Å²) < 4.78 is 4.76. The molecule has 0 amide bonds. The molecular weight excluding hydrogens is 376 g/mol. The Morgan fingerprint density at radius 2 is 1.80 bits per heavy atom. The van der Waals surface area contributed by atoms with Crippen LogP contribution in [0.2, 0.25) is 0 Å². The molecule has 2 aromatic carbocycles. The minimum absolute atomic E-state index is 0.370. The van der Waals surface area contributed by atoms with Crippen molar-refractivity contribution in [1.29, 1.82) is 0 Å². The van der Waals surface area contributed by atoms with Gasteiger partial charge in [-0.1, -0.05) is 38.1 Å². The fourth-order valence-electron chi connectivity index (χ4n) is 3.30. The summed E-state index contributed by atoms with van der Waals surface area (Å²) in [4.78, 5) is 16.0. The van der Waals surface area contributed by atoms with E-state index in [1.807, 2.05) is 30.3 Å². The number of carbonyl (C=O) groups excluding carboxylic acids is 1. The predicted molar refractivity (Wildman–Crippen MR) is 118 cm³/mol. The van der Waals surface area contributed by atoms with Crippen molar-refractivity contribution in [3.05, 3.63) is 78.1 Å². The summed E-state index contributed by atoms with van der Waals surface area (Å²) in [6.45, 7) is 4.33. The molecule has 2 heterocycles. The number of carbonyl (C=O) groups is 1. The van der Waals surface area contributed by atoms with Crippen LogP contribution in [0.3, 0.4) is 0 Å². The van der Waals surface area contributed by atoms with Crippen LogP contribution in [0.4, 0.5) is 11.5 Å². The van der Waals surface area contributed by atoms with E-state index in [0.717, 1.165) is 27.7 Å². The van der Waals surface area contributed by atoms with Crippen LogP contribution < -0.4 is 5.32 Å². The Bertz CT molecular complexity index is 1200. The molecule has 0 aliphatic heterocycles. The van der Waals surface area contributed by atoms with E-state index in [1.165, 1.54) is 12.7 Å². The number of benzene rings is 2. The van der Waals surface area contributed by atoms with Gasteiger partial charge in [-0.15, -0.1) is 10.2 Å². The molecule has 2 aromatic heterocycles. The number of nitrogens with zero attached hydrogens (tertiary/aromatic N) is 3. The van der Waals surface area contributed by atoms with E-state index in [4.69, 9.17) is 4.74 Å². The summed E-state index contributed by atoms with van der Waals surface area (Å²) in [7, 11) is 1.37. The fourth-order valence-corrected chi connectivity index (χ4v) is 3.30. The third-order valence-corrected chi connectivity index (χ3v) is 4.98. The number of anilines is 2. The number of methoxy groups -OCH3 is 1. The average Bonchev–Trinajstić information content (AvgIpc) is 2.79. The van der Waals surface area contributed by atoms with Crippen molar-refractivity contribution in [3.8, 4) is 11.3 Å². The van der Waals surface area contributed by atoms with Crippen LogP contribution in [-0.4, -0.2) is 28.3 Å². The van der Waals surface area contributed by atoms with Gasteiger partial charge in [0.25, 0.3) is 0 Å². The van der Waals surface area contributed by atoms with E-state index in [0.29, 0.717) is 17.3 Å². The first kappa shape index (κ1) is 19.5. The number of rotatable bonds is 5. The maximum Gasteiger partial charge on any atom is 0.337 e. The van der Waals surface area contributed by atoms with Gasteiger partial charge >= 0.3 is 5.97 Å². The Hall–Kier alpha value is -3.80. The number of fused-ring (bicyclic) bond motifs is 1. The van der Waals surface area contributed by atoms with Crippen LogP contribution in [0.1, 0.15) is 35.7 Å². The quantitative estimate of drug-likeness (QED) is 0.457. The number of hydrogen-bond donors (Lipinski definition) is 1. The molecule has 1 N–H and O–H groups in total. The number of aromatic nitrogens is 3. The predicted octanol–water partition coefficient (Wildman–Crippen LogP) is 5.35. The summed E-state index contributed by atoms with van der Waals surface area (Å²) in [5, 5.41) is 14.1. The van der Waals surface area contributed by atoms with E-state index >= 15 is 0 Å². The molecule has 6 nitrogen and oxygen atoms in total. The standard InChI is InChI=1S/C24H22N4O2/c1-15(2)18-5-4-6-19(13-18)26-23-21-14-25-12-11-20(21)22(27-28-23)16-7-9-17(10-8-16)24(29)30-3/h4-15H,1-3H3,(H,26,28). The van der Waals surface area contributed by atoms with Crippen molar-refractivity contribution < 1.29 is 9.53 Å². The van der Waals surface area contributed by atoms with E-state index in [1.54, 1.807) is 24.5 Å². The van der Waals surface area contributed by atoms with Crippen molar-refractivity contribution in [2.45, 2.75) is 19.8 Å². The molecular formula is C24H22N4O2. The molecule has 0 unspecified atom stereocenters. The zero-order valence-electron chi connectivity index (χ0n) is 17.1. The maximum atomic E-state index is 11.7. The Kier molecular flexibility index (Phi) is 5.39. The molecule has 0 radical (unpaired) electrons. The molecule has 0 fully saturated rings. The van der Waals surface area contributed by atoms with Gasteiger partial charge in [-0.25, -0.2) is 4.79 Å². The number of nitrogens with one attached hydrogen (secondary N) is 1. The molecule has 4 rings (SSSR count). The molecule has 0 spiro atoms. The zero-order valence-corrected chi connectivity index (χ0v) is 17.1. The highest BCUT2D eigenvalue weighted by molar-refractivity contribution is 6.00. The number of hydrogen-bond acceptors (Lipinski definition) is 6. The van der Waals surface area contributed by atoms with E-state index in [9.17, 15) is 4.79 Å². The van der Waals surface area contributed by atoms with Gasteiger partial charge in [-0.2, -0.15) is 0 Å². The minimum Gasteiger partial charge on any atom is -0.465 e.